The van der Waals surface area contributed by atoms with Crippen molar-refractivity contribution in [1.29, 1.82) is 0 Å². The fourth-order valence-electron chi connectivity index (χ4n) is 4.29. The number of hydrogen-bond donors (Lipinski definition) is 7. The highest BCUT2D eigenvalue weighted by Crippen LogP contribution is 2.13. The van der Waals surface area contributed by atoms with Gasteiger partial charge in [-0.05, 0) is 29.2 Å². The van der Waals surface area contributed by atoms with Gasteiger partial charge in [-0.1, -0.05) is 62.4 Å². The number of nitrogens with one attached hydrogen (secondary N) is 4. The number of aromatic hydroxyl groups is 1. The van der Waals surface area contributed by atoms with Crippen LogP contribution in [-0.2, 0) is 51.6 Å². The Morgan fingerprint density at radius 1 is 0.755 bits per heavy atom. The quantitative estimate of drug-likeness (QED) is 0.114. The Bertz CT molecular complexity index is 1610. The van der Waals surface area contributed by atoms with Crippen LogP contribution in [0.5, 0.6) is 5.75 Å². The lowest BCUT2D eigenvalue weighted by Gasteiger charge is -2.27. The number of ether oxygens (including phenoxy) is 1. The van der Waals surface area contributed by atoms with Crippen LogP contribution in [0, 0.1) is 5.92 Å². The molecule has 0 heterocycles. The molecule has 2 aromatic rings. The summed E-state index contributed by atoms with van der Waals surface area (Å²) < 4.78 is 28.2. The first kappa shape index (κ1) is 39.7. The van der Waals surface area contributed by atoms with Crippen molar-refractivity contribution in [3.05, 3.63) is 77.2 Å². The molecule has 0 spiro atoms. The van der Waals surface area contributed by atoms with E-state index < -0.39 is 88.5 Å². The minimum Gasteiger partial charge on any atom is -0.508 e. The van der Waals surface area contributed by atoms with Crippen molar-refractivity contribution in [1.82, 2.24) is 21.3 Å². The predicted octanol–water partition coefficient (Wildman–Crippen LogP) is 0.848. The van der Waals surface area contributed by atoms with Gasteiger partial charge in [0.1, 0.15) is 30.5 Å². The van der Waals surface area contributed by atoms with Crippen molar-refractivity contribution in [3.63, 3.8) is 0 Å². The number of phenolic OH excluding ortho intramolecular Hbond substituents is 1. The number of amides is 4. The average Bonchev–Trinajstić information content (AvgIpc) is 3.01. The molecule has 0 aliphatic rings. The van der Waals surface area contributed by atoms with Crippen LogP contribution in [-0.4, -0.2) is 89.9 Å². The molecule has 2 rings (SSSR count). The zero-order valence-electron chi connectivity index (χ0n) is 27.0. The summed E-state index contributed by atoms with van der Waals surface area (Å²) in [6, 6.07) is 8.46. The van der Waals surface area contributed by atoms with Crippen molar-refractivity contribution in [2.75, 3.05) is 6.26 Å². The molecule has 0 fully saturated rings. The third-order valence-corrected chi connectivity index (χ3v) is 7.39. The fourth-order valence-corrected chi connectivity index (χ4v) is 4.77. The maximum Gasteiger partial charge on any atom is 0.408 e. The molecular weight excluding hydrogens is 664 g/mol. The summed E-state index contributed by atoms with van der Waals surface area (Å²) in [5.41, 5.74) is 1.08. The molecule has 0 saturated carbocycles. The SMILES string of the molecule is CC(C)[C@H](NC(=O)[C@H](Cc1ccc(O)cc1)NC(=O)[C@H](CC(=O)O)NC(=O)OCc1ccccc1)C(=O)NC(/C=C/S(C)(=O)=O)CC(=O)O. The van der Waals surface area contributed by atoms with Gasteiger partial charge in [0.2, 0.25) is 17.7 Å². The number of aliphatic carboxylic acids is 2. The molecule has 0 saturated heterocycles. The van der Waals surface area contributed by atoms with Gasteiger partial charge in [0.05, 0.1) is 18.9 Å². The molecule has 4 atom stereocenters. The second-order valence-corrected chi connectivity index (χ2v) is 13.3. The van der Waals surface area contributed by atoms with E-state index in [1.165, 1.54) is 24.3 Å². The summed E-state index contributed by atoms with van der Waals surface area (Å²) in [7, 11) is -3.66. The van der Waals surface area contributed by atoms with E-state index in [0.717, 1.165) is 17.7 Å². The van der Waals surface area contributed by atoms with Crippen molar-refractivity contribution in [2.24, 2.45) is 5.92 Å². The minimum absolute atomic E-state index is 0.0779. The van der Waals surface area contributed by atoms with Gasteiger partial charge in [-0.15, -0.1) is 0 Å². The molecule has 0 aliphatic heterocycles. The molecule has 16 nitrogen and oxygen atoms in total. The predicted molar refractivity (Wildman–Crippen MR) is 174 cm³/mol. The second-order valence-electron chi connectivity index (χ2n) is 11.4. The number of benzene rings is 2. The molecule has 17 heteroatoms. The average molecular weight is 705 g/mol. The maximum atomic E-state index is 13.6. The zero-order valence-corrected chi connectivity index (χ0v) is 27.8. The lowest BCUT2D eigenvalue weighted by Crippen LogP contribution is -2.59. The van der Waals surface area contributed by atoms with E-state index >= 15 is 0 Å². The van der Waals surface area contributed by atoms with Gasteiger partial charge in [0, 0.05) is 18.1 Å². The van der Waals surface area contributed by atoms with Gasteiger partial charge in [-0.2, -0.15) is 0 Å². The zero-order chi connectivity index (χ0) is 36.7. The van der Waals surface area contributed by atoms with Crippen LogP contribution in [0.1, 0.15) is 37.8 Å². The Morgan fingerprint density at radius 2 is 1.35 bits per heavy atom. The van der Waals surface area contributed by atoms with E-state index in [2.05, 4.69) is 21.3 Å². The number of carbonyl (C=O) groups excluding carboxylic acids is 4. The summed E-state index contributed by atoms with van der Waals surface area (Å²) in [6.45, 7) is 2.98. The number of alkyl carbamates (subject to hydrolysis) is 1. The summed E-state index contributed by atoms with van der Waals surface area (Å²) in [4.78, 5) is 75.6. The number of carbonyl (C=O) groups is 6. The molecule has 2 aromatic carbocycles. The van der Waals surface area contributed by atoms with Crippen LogP contribution in [0.2, 0.25) is 0 Å². The first-order valence-corrected chi connectivity index (χ1v) is 16.9. The van der Waals surface area contributed by atoms with Crippen molar-refractivity contribution in [3.8, 4) is 5.75 Å². The topological polar surface area (TPSA) is 255 Å². The number of rotatable bonds is 18. The Morgan fingerprint density at radius 3 is 1.90 bits per heavy atom. The van der Waals surface area contributed by atoms with Crippen molar-refractivity contribution >= 4 is 45.6 Å². The second kappa shape index (κ2) is 18.8. The van der Waals surface area contributed by atoms with Crippen molar-refractivity contribution < 1.29 is 57.2 Å². The van der Waals surface area contributed by atoms with Gasteiger partial charge in [-0.25, -0.2) is 13.2 Å². The summed E-state index contributed by atoms with van der Waals surface area (Å²) in [5, 5.41) is 38.6. The smallest absolute Gasteiger partial charge is 0.408 e. The standard InChI is InChI=1S/C32H40N4O12S/c1-19(2)28(31(44)33-22(16-26(38)39)13-14-49(3,46)47)36-30(43)24(15-20-9-11-23(37)12-10-20)34-29(42)25(17-27(40)41)35-32(45)48-18-21-7-5-4-6-8-21/h4-14,19,22,24-25,28,37H,15-18H2,1-3H3,(H,33,44)(H,34,42)(H,35,45)(H,36,43)(H,38,39)(H,40,41)/b14-13+/t22?,24-,25-,28-/m0/s1. The highest BCUT2D eigenvalue weighted by Gasteiger charge is 2.33. The first-order valence-electron chi connectivity index (χ1n) is 14.9. The highest BCUT2D eigenvalue weighted by atomic mass is 32.2. The Hall–Kier alpha value is -5.45. The molecule has 0 aromatic heterocycles. The summed E-state index contributed by atoms with van der Waals surface area (Å²) in [5.74, 6) is -6.27. The van der Waals surface area contributed by atoms with E-state index in [-0.39, 0.29) is 18.8 Å². The third kappa shape index (κ3) is 15.3. The molecule has 0 bridgehead atoms. The van der Waals surface area contributed by atoms with E-state index in [9.17, 15) is 52.5 Å². The molecule has 266 valence electrons. The van der Waals surface area contributed by atoms with Gasteiger partial charge in [-0.3, -0.25) is 24.0 Å². The number of carboxylic acids is 2. The van der Waals surface area contributed by atoms with Crippen LogP contribution < -0.4 is 21.3 Å². The normalized spacial score (nSPS) is 13.8. The number of sulfone groups is 1. The van der Waals surface area contributed by atoms with Gasteiger partial charge >= 0.3 is 18.0 Å². The van der Waals surface area contributed by atoms with E-state index in [0.29, 0.717) is 11.1 Å². The van der Waals surface area contributed by atoms with Crippen LogP contribution in [0.4, 0.5) is 4.79 Å². The molecule has 0 radical (unpaired) electrons. The molecular formula is C32H40N4O12S. The summed E-state index contributed by atoms with van der Waals surface area (Å²) in [6.07, 6.45) is -0.963. The Kier molecular flexibility index (Phi) is 15.2. The number of phenols is 1. The van der Waals surface area contributed by atoms with E-state index in [4.69, 9.17) is 4.74 Å². The molecule has 49 heavy (non-hydrogen) atoms. The fraction of sp³-hybridized carbons (Fsp3) is 0.375. The monoisotopic (exact) mass is 704 g/mol. The number of carboxylic acid groups (broad SMARTS) is 2. The largest absolute Gasteiger partial charge is 0.508 e. The molecule has 4 amide bonds. The van der Waals surface area contributed by atoms with E-state index in [1.54, 1.807) is 44.2 Å². The van der Waals surface area contributed by atoms with Gasteiger partial charge in [0.25, 0.3) is 0 Å². The first-order chi connectivity index (χ1) is 22.9. The van der Waals surface area contributed by atoms with Crippen LogP contribution >= 0.6 is 0 Å². The Labute approximate surface area is 282 Å². The highest BCUT2D eigenvalue weighted by molar-refractivity contribution is 7.93. The lowest BCUT2D eigenvalue weighted by molar-refractivity contribution is -0.140. The lowest BCUT2D eigenvalue weighted by atomic mass is 10.00. The van der Waals surface area contributed by atoms with Crippen molar-refractivity contribution in [2.45, 2.75) is 63.9 Å². The maximum absolute atomic E-state index is 13.6. The minimum atomic E-state index is -3.66. The van der Waals surface area contributed by atoms with Crippen LogP contribution in [0.25, 0.3) is 0 Å². The van der Waals surface area contributed by atoms with Gasteiger partial charge in [0.15, 0.2) is 9.84 Å². The van der Waals surface area contributed by atoms with Crippen LogP contribution in [0.3, 0.4) is 0 Å². The number of hydrogen-bond acceptors (Lipinski definition) is 10. The Balaban J connectivity index is 2.30. The molecule has 0 aliphatic carbocycles. The summed E-state index contributed by atoms with van der Waals surface area (Å²) >= 11 is 0. The van der Waals surface area contributed by atoms with Crippen LogP contribution in [0.15, 0.2) is 66.1 Å². The molecule has 7 N–H and O–H groups in total. The van der Waals surface area contributed by atoms with E-state index in [1.807, 2.05) is 0 Å². The van der Waals surface area contributed by atoms with Gasteiger partial charge < -0.3 is 41.3 Å². The molecule has 1 unspecified atom stereocenters. The third-order valence-electron chi connectivity index (χ3n) is 6.74.